The zero-order chi connectivity index (χ0) is 16.3. The Morgan fingerprint density at radius 1 is 0.826 bits per heavy atom. The highest BCUT2D eigenvalue weighted by atomic mass is 15.1. The lowest BCUT2D eigenvalue weighted by Crippen LogP contribution is -2.03. The SMILES string of the molecule is CCCCCn1cc(CCCc2ccccc2)nc1CCCC. The summed E-state index contributed by atoms with van der Waals surface area (Å²) >= 11 is 0. The second-order valence-electron chi connectivity index (χ2n) is 6.49. The first-order valence-electron chi connectivity index (χ1n) is 9.42. The Bertz CT molecular complexity index is 542. The van der Waals surface area contributed by atoms with E-state index < -0.39 is 0 Å². The van der Waals surface area contributed by atoms with Gasteiger partial charge in [0.1, 0.15) is 5.82 Å². The number of hydrogen-bond acceptors (Lipinski definition) is 1. The molecule has 2 aromatic rings. The minimum Gasteiger partial charge on any atom is -0.335 e. The molecule has 0 bridgehead atoms. The summed E-state index contributed by atoms with van der Waals surface area (Å²) in [7, 11) is 0. The van der Waals surface area contributed by atoms with E-state index in [-0.39, 0.29) is 0 Å². The van der Waals surface area contributed by atoms with Crippen LogP contribution in [0.15, 0.2) is 36.5 Å². The Morgan fingerprint density at radius 2 is 1.61 bits per heavy atom. The van der Waals surface area contributed by atoms with Crippen molar-refractivity contribution in [2.75, 3.05) is 0 Å². The zero-order valence-electron chi connectivity index (χ0n) is 14.9. The summed E-state index contributed by atoms with van der Waals surface area (Å²) in [6.45, 7) is 5.66. The first-order valence-corrected chi connectivity index (χ1v) is 9.42. The Kier molecular flexibility index (Phi) is 7.92. The van der Waals surface area contributed by atoms with Crippen molar-refractivity contribution in [3.63, 3.8) is 0 Å². The quantitative estimate of drug-likeness (QED) is 0.494. The number of aromatic nitrogens is 2. The Balaban J connectivity index is 1.89. The van der Waals surface area contributed by atoms with Crippen LogP contribution in [0.4, 0.5) is 0 Å². The van der Waals surface area contributed by atoms with Gasteiger partial charge in [0.05, 0.1) is 5.69 Å². The van der Waals surface area contributed by atoms with Gasteiger partial charge in [-0.3, -0.25) is 0 Å². The van der Waals surface area contributed by atoms with E-state index >= 15 is 0 Å². The van der Waals surface area contributed by atoms with Crippen molar-refractivity contribution in [3.8, 4) is 0 Å². The molecule has 0 N–H and O–H groups in total. The van der Waals surface area contributed by atoms with Crippen LogP contribution >= 0.6 is 0 Å². The van der Waals surface area contributed by atoms with Crippen molar-refractivity contribution < 1.29 is 0 Å². The maximum atomic E-state index is 4.92. The number of hydrogen-bond donors (Lipinski definition) is 0. The van der Waals surface area contributed by atoms with E-state index in [1.165, 1.54) is 55.6 Å². The fourth-order valence-electron chi connectivity index (χ4n) is 3.01. The molecule has 0 radical (unpaired) electrons. The molecule has 0 aliphatic carbocycles. The first kappa shape index (κ1) is 17.8. The largest absolute Gasteiger partial charge is 0.335 e. The standard InChI is InChI=1S/C21H32N2/c1-3-5-10-17-23-18-20(22-21(23)16-6-4-2)15-11-14-19-12-8-7-9-13-19/h7-9,12-13,18H,3-6,10-11,14-17H2,1-2H3. The number of nitrogens with zero attached hydrogens (tertiary/aromatic N) is 2. The van der Waals surface area contributed by atoms with Gasteiger partial charge < -0.3 is 4.57 Å². The molecule has 0 amide bonds. The molecule has 2 heteroatoms. The van der Waals surface area contributed by atoms with Gasteiger partial charge in [-0.1, -0.05) is 63.4 Å². The predicted octanol–water partition coefficient (Wildman–Crippen LogP) is 5.59. The summed E-state index contributed by atoms with van der Waals surface area (Å²) in [5.41, 5.74) is 2.71. The molecular weight excluding hydrogens is 280 g/mol. The molecular formula is C21H32N2. The number of aryl methyl sites for hydroxylation is 4. The van der Waals surface area contributed by atoms with Crippen molar-refractivity contribution in [1.82, 2.24) is 9.55 Å². The molecule has 126 valence electrons. The highest BCUT2D eigenvalue weighted by molar-refractivity contribution is 5.15. The highest BCUT2D eigenvalue weighted by Gasteiger charge is 2.07. The van der Waals surface area contributed by atoms with Gasteiger partial charge in [-0.15, -0.1) is 0 Å². The van der Waals surface area contributed by atoms with E-state index in [1.54, 1.807) is 0 Å². The van der Waals surface area contributed by atoms with Crippen molar-refractivity contribution in [2.24, 2.45) is 0 Å². The van der Waals surface area contributed by atoms with E-state index in [4.69, 9.17) is 4.98 Å². The lowest BCUT2D eigenvalue weighted by molar-refractivity contribution is 0.572. The van der Waals surface area contributed by atoms with Gasteiger partial charge in [-0.05, 0) is 37.7 Å². The molecule has 23 heavy (non-hydrogen) atoms. The molecule has 0 aliphatic rings. The van der Waals surface area contributed by atoms with E-state index in [0.717, 1.165) is 25.8 Å². The third kappa shape index (κ3) is 6.21. The topological polar surface area (TPSA) is 17.8 Å². The Hall–Kier alpha value is -1.57. The maximum absolute atomic E-state index is 4.92. The summed E-state index contributed by atoms with van der Waals surface area (Å²) in [4.78, 5) is 4.92. The molecule has 0 unspecified atom stereocenters. The summed E-state index contributed by atoms with van der Waals surface area (Å²) in [6, 6.07) is 10.8. The second kappa shape index (κ2) is 10.3. The van der Waals surface area contributed by atoms with E-state index in [0.29, 0.717) is 0 Å². The highest BCUT2D eigenvalue weighted by Crippen LogP contribution is 2.13. The molecule has 0 fully saturated rings. The second-order valence-corrected chi connectivity index (χ2v) is 6.49. The summed E-state index contributed by atoms with van der Waals surface area (Å²) in [5.74, 6) is 1.30. The van der Waals surface area contributed by atoms with Gasteiger partial charge in [0.25, 0.3) is 0 Å². The molecule has 1 heterocycles. The molecule has 0 saturated heterocycles. The average Bonchev–Trinajstić information content (AvgIpc) is 2.96. The van der Waals surface area contributed by atoms with Crippen LogP contribution in [0.2, 0.25) is 0 Å². The molecule has 1 aromatic carbocycles. The third-order valence-corrected chi connectivity index (χ3v) is 4.41. The molecule has 0 atom stereocenters. The van der Waals surface area contributed by atoms with E-state index in [1.807, 2.05) is 0 Å². The number of imidazole rings is 1. The van der Waals surface area contributed by atoms with E-state index in [9.17, 15) is 0 Å². The third-order valence-electron chi connectivity index (χ3n) is 4.41. The predicted molar refractivity (Wildman–Crippen MR) is 98.8 cm³/mol. The van der Waals surface area contributed by atoms with Crippen LogP contribution in [0, 0.1) is 0 Å². The normalized spacial score (nSPS) is 11.0. The van der Waals surface area contributed by atoms with Crippen molar-refractivity contribution in [3.05, 3.63) is 53.6 Å². The lowest BCUT2D eigenvalue weighted by atomic mass is 10.1. The van der Waals surface area contributed by atoms with Crippen LogP contribution in [0.3, 0.4) is 0 Å². The molecule has 0 saturated carbocycles. The van der Waals surface area contributed by atoms with Gasteiger partial charge in [0, 0.05) is 19.2 Å². The van der Waals surface area contributed by atoms with Crippen molar-refractivity contribution >= 4 is 0 Å². The number of rotatable bonds is 11. The average molecular weight is 313 g/mol. The van der Waals surface area contributed by atoms with Crippen molar-refractivity contribution in [1.29, 1.82) is 0 Å². The smallest absolute Gasteiger partial charge is 0.108 e. The van der Waals surface area contributed by atoms with Crippen LogP contribution < -0.4 is 0 Å². The van der Waals surface area contributed by atoms with Crippen molar-refractivity contribution in [2.45, 2.75) is 78.2 Å². The summed E-state index contributed by atoms with van der Waals surface area (Å²) in [5, 5.41) is 0. The molecule has 1 aromatic heterocycles. The fourth-order valence-corrected chi connectivity index (χ4v) is 3.01. The minimum atomic E-state index is 1.09. The Labute approximate surface area is 142 Å². The maximum Gasteiger partial charge on any atom is 0.108 e. The lowest BCUT2D eigenvalue weighted by Gasteiger charge is -2.06. The number of benzene rings is 1. The van der Waals surface area contributed by atoms with Crippen LogP contribution in [-0.4, -0.2) is 9.55 Å². The van der Waals surface area contributed by atoms with Crippen LogP contribution in [0.5, 0.6) is 0 Å². The van der Waals surface area contributed by atoms with Gasteiger partial charge in [0.15, 0.2) is 0 Å². The van der Waals surface area contributed by atoms with Crippen LogP contribution in [0.1, 0.15) is 69.5 Å². The summed E-state index contributed by atoms with van der Waals surface area (Å²) < 4.78 is 2.42. The van der Waals surface area contributed by atoms with E-state index in [2.05, 4.69) is 54.9 Å². The zero-order valence-corrected chi connectivity index (χ0v) is 14.9. The van der Waals surface area contributed by atoms with Crippen LogP contribution in [0.25, 0.3) is 0 Å². The molecule has 2 rings (SSSR count). The minimum absolute atomic E-state index is 1.09. The molecule has 2 nitrogen and oxygen atoms in total. The van der Waals surface area contributed by atoms with Crippen LogP contribution in [-0.2, 0) is 25.8 Å². The first-order chi connectivity index (χ1) is 11.3. The van der Waals surface area contributed by atoms with Gasteiger partial charge in [0.2, 0.25) is 0 Å². The van der Waals surface area contributed by atoms with Gasteiger partial charge >= 0.3 is 0 Å². The van der Waals surface area contributed by atoms with Gasteiger partial charge in [-0.2, -0.15) is 0 Å². The fraction of sp³-hybridized carbons (Fsp3) is 0.571. The number of unbranched alkanes of at least 4 members (excludes halogenated alkanes) is 3. The molecule has 0 aliphatic heterocycles. The molecule has 0 spiro atoms. The Morgan fingerprint density at radius 3 is 2.35 bits per heavy atom. The summed E-state index contributed by atoms with van der Waals surface area (Å²) in [6.07, 6.45) is 13.2. The monoisotopic (exact) mass is 312 g/mol. The van der Waals surface area contributed by atoms with Gasteiger partial charge in [-0.25, -0.2) is 4.98 Å².